The molecule has 0 unspecified atom stereocenters. The number of halogens is 5. The number of aliphatic imine (C=N–C) groups is 1. The molecule has 0 amide bonds. The fourth-order valence-electron chi connectivity index (χ4n) is 1.98. The number of rotatable bonds is 2. The number of nitrogens with zero attached hydrogens (tertiary/aromatic N) is 1. The first-order valence-electron chi connectivity index (χ1n) is 6.16. The number of imidazole rings is 1. The Morgan fingerprint density at radius 2 is 1.39 bits per heavy atom. The monoisotopic (exact) mass is 327 g/mol. The minimum absolute atomic E-state index is 0.150. The molecule has 118 valence electrons. The van der Waals surface area contributed by atoms with Gasteiger partial charge in [-0.25, -0.2) is 26.7 Å². The van der Waals surface area contributed by atoms with Gasteiger partial charge in [0.15, 0.2) is 23.3 Å². The Labute approximate surface area is 124 Å². The van der Waals surface area contributed by atoms with Gasteiger partial charge in [0.1, 0.15) is 0 Å². The van der Waals surface area contributed by atoms with Crippen LogP contribution in [0.25, 0.3) is 11.0 Å². The number of benzene rings is 2. The van der Waals surface area contributed by atoms with Crippen molar-refractivity contribution in [2.45, 2.75) is 0 Å². The lowest BCUT2D eigenvalue weighted by atomic mass is 10.2. The summed E-state index contributed by atoms with van der Waals surface area (Å²) in [5.74, 6) is -10.3. The van der Waals surface area contributed by atoms with Crippen molar-refractivity contribution in [2.24, 2.45) is 4.99 Å². The molecule has 0 bridgehead atoms. The minimum atomic E-state index is -2.23. The second-order valence-corrected chi connectivity index (χ2v) is 4.55. The number of aromatic nitrogens is 2. The third-order valence-electron chi connectivity index (χ3n) is 3.09. The minimum Gasteiger partial charge on any atom is -0.306 e. The van der Waals surface area contributed by atoms with E-state index in [0.29, 0.717) is 17.2 Å². The van der Waals surface area contributed by atoms with Crippen LogP contribution in [-0.2, 0) is 0 Å². The Kier molecular flexibility index (Phi) is 3.47. The largest absolute Gasteiger partial charge is 0.323 e. The summed E-state index contributed by atoms with van der Waals surface area (Å²) < 4.78 is 66.1. The first kappa shape index (κ1) is 14.9. The molecule has 1 heterocycles. The van der Waals surface area contributed by atoms with Gasteiger partial charge in [0.25, 0.3) is 0 Å². The van der Waals surface area contributed by atoms with Gasteiger partial charge < -0.3 is 9.97 Å². The number of H-pyrrole nitrogens is 2. The lowest BCUT2D eigenvalue weighted by molar-refractivity contribution is 0.377. The van der Waals surface area contributed by atoms with Crippen LogP contribution in [-0.4, -0.2) is 16.2 Å². The molecule has 0 atom stereocenters. The summed E-state index contributed by atoms with van der Waals surface area (Å²) in [5.41, 5.74) is -0.603. The highest BCUT2D eigenvalue weighted by atomic mass is 19.2. The maximum atomic E-state index is 13.5. The van der Waals surface area contributed by atoms with E-state index < -0.39 is 40.3 Å². The summed E-state index contributed by atoms with van der Waals surface area (Å²) in [7, 11) is 0. The second-order valence-electron chi connectivity index (χ2n) is 4.55. The normalized spacial score (nSPS) is 11.7. The highest BCUT2D eigenvalue weighted by Crippen LogP contribution is 2.23. The van der Waals surface area contributed by atoms with Crippen molar-refractivity contribution in [3.05, 3.63) is 63.3 Å². The molecule has 3 aromatic rings. The molecule has 0 aliphatic rings. The first-order chi connectivity index (χ1) is 10.9. The summed E-state index contributed by atoms with van der Waals surface area (Å²) in [6.45, 7) is 0. The van der Waals surface area contributed by atoms with Crippen LogP contribution < -0.4 is 5.69 Å². The fourth-order valence-corrected chi connectivity index (χ4v) is 1.98. The summed E-state index contributed by atoms with van der Waals surface area (Å²) >= 11 is 0. The van der Waals surface area contributed by atoms with Crippen molar-refractivity contribution in [1.82, 2.24) is 9.97 Å². The van der Waals surface area contributed by atoms with Crippen LogP contribution in [0.2, 0.25) is 0 Å². The Hall–Kier alpha value is -2.97. The quantitative estimate of drug-likeness (QED) is 0.323. The van der Waals surface area contributed by atoms with Gasteiger partial charge >= 0.3 is 5.69 Å². The molecule has 0 saturated heterocycles. The number of aromatic amines is 2. The summed E-state index contributed by atoms with van der Waals surface area (Å²) in [5, 5.41) is 0. The summed E-state index contributed by atoms with van der Waals surface area (Å²) in [6, 6.07) is 4.24. The second kappa shape index (κ2) is 5.34. The predicted molar refractivity (Wildman–Crippen MR) is 72.4 cm³/mol. The highest BCUT2D eigenvalue weighted by molar-refractivity contribution is 5.85. The van der Waals surface area contributed by atoms with Crippen LogP contribution in [0.3, 0.4) is 0 Å². The lowest BCUT2D eigenvalue weighted by Crippen LogP contribution is -2.06. The Balaban J connectivity index is 2.06. The lowest BCUT2D eigenvalue weighted by Gasteiger charge is -2.03. The zero-order valence-electron chi connectivity index (χ0n) is 11.1. The Bertz CT molecular complexity index is 977. The van der Waals surface area contributed by atoms with E-state index in [-0.39, 0.29) is 5.69 Å². The molecular weight excluding hydrogens is 321 g/mol. The predicted octanol–water partition coefficient (Wildman–Crippen LogP) is 3.30. The average molecular weight is 327 g/mol. The van der Waals surface area contributed by atoms with Crippen LogP contribution in [0.15, 0.2) is 28.0 Å². The molecule has 23 heavy (non-hydrogen) atoms. The Morgan fingerprint density at radius 1 is 0.826 bits per heavy atom. The van der Waals surface area contributed by atoms with Gasteiger partial charge in [0, 0.05) is 6.21 Å². The van der Waals surface area contributed by atoms with Crippen molar-refractivity contribution < 1.29 is 22.0 Å². The van der Waals surface area contributed by atoms with E-state index in [1.807, 2.05) is 0 Å². The Morgan fingerprint density at radius 3 is 2.04 bits per heavy atom. The number of hydrogen-bond acceptors (Lipinski definition) is 2. The maximum absolute atomic E-state index is 13.5. The molecule has 9 heteroatoms. The van der Waals surface area contributed by atoms with Gasteiger partial charge in [-0.1, -0.05) is 0 Å². The van der Waals surface area contributed by atoms with E-state index >= 15 is 0 Å². The number of nitrogens with one attached hydrogen (secondary N) is 2. The third kappa shape index (κ3) is 2.50. The van der Waals surface area contributed by atoms with Gasteiger partial charge in [-0.3, -0.25) is 4.99 Å². The van der Waals surface area contributed by atoms with Crippen molar-refractivity contribution in [2.75, 3.05) is 0 Å². The molecule has 4 nitrogen and oxygen atoms in total. The van der Waals surface area contributed by atoms with E-state index in [1.54, 1.807) is 0 Å². The van der Waals surface area contributed by atoms with Gasteiger partial charge in [-0.05, 0) is 18.2 Å². The fraction of sp³-hybridized carbons (Fsp3) is 0. The smallest absolute Gasteiger partial charge is 0.306 e. The van der Waals surface area contributed by atoms with Gasteiger partial charge in [-0.2, -0.15) is 0 Å². The molecule has 0 spiro atoms. The van der Waals surface area contributed by atoms with Crippen LogP contribution >= 0.6 is 0 Å². The van der Waals surface area contributed by atoms with Crippen LogP contribution in [0, 0.1) is 29.1 Å². The van der Waals surface area contributed by atoms with Gasteiger partial charge in [0.05, 0.1) is 22.3 Å². The van der Waals surface area contributed by atoms with E-state index in [1.165, 1.54) is 18.2 Å². The molecule has 1 aromatic heterocycles. The highest BCUT2D eigenvalue weighted by Gasteiger charge is 2.24. The van der Waals surface area contributed by atoms with Crippen LogP contribution in [0.1, 0.15) is 5.56 Å². The molecule has 0 radical (unpaired) electrons. The maximum Gasteiger partial charge on any atom is 0.323 e. The SMILES string of the molecule is O=c1[nH]c2ccc(N=Cc3c(F)c(F)c(F)c(F)c3F)cc2[nH]1. The number of hydrogen-bond donors (Lipinski definition) is 2. The van der Waals surface area contributed by atoms with Crippen LogP contribution in [0.4, 0.5) is 27.6 Å². The van der Waals surface area contributed by atoms with Crippen molar-refractivity contribution >= 4 is 22.9 Å². The molecule has 2 N–H and O–H groups in total. The average Bonchev–Trinajstić information content (AvgIpc) is 2.90. The standard InChI is InChI=1S/C14H6F5N3O/c15-9-6(10(16)12(18)13(19)11(9)17)4-20-5-1-2-7-8(3-5)22-14(23)21-7/h1-4H,(H2,21,22,23). The van der Waals surface area contributed by atoms with Gasteiger partial charge in [-0.15, -0.1) is 0 Å². The molecule has 0 aliphatic carbocycles. The molecule has 0 aliphatic heterocycles. The molecular formula is C14H6F5N3O. The van der Waals surface area contributed by atoms with Gasteiger partial charge in [0.2, 0.25) is 5.82 Å². The van der Waals surface area contributed by atoms with E-state index in [9.17, 15) is 26.7 Å². The number of fused-ring (bicyclic) bond motifs is 1. The van der Waals surface area contributed by atoms with Crippen molar-refractivity contribution in [3.63, 3.8) is 0 Å². The molecule has 0 saturated carbocycles. The molecule has 0 fully saturated rings. The zero-order valence-corrected chi connectivity index (χ0v) is 11.1. The summed E-state index contributed by atoms with van der Waals surface area (Å²) in [6.07, 6.45) is 0.530. The third-order valence-corrected chi connectivity index (χ3v) is 3.09. The first-order valence-corrected chi connectivity index (χ1v) is 6.16. The van der Waals surface area contributed by atoms with E-state index in [2.05, 4.69) is 15.0 Å². The zero-order chi connectivity index (χ0) is 16.7. The van der Waals surface area contributed by atoms with E-state index in [4.69, 9.17) is 0 Å². The van der Waals surface area contributed by atoms with Crippen LogP contribution in [0.5, 0.6) is 0 Å². The topological polar surface area (TPSA) is 61.0 Å². The van der Waals surface area contributed by atoms with E-state index in [0.717, 1.165) is 0 Å². The molecule has 3 rings (SSSR count). The summed E-state index contributed by atoms with van der Waals surface area (Å²) in [4.78, 5) is 19.7. The molecule has 2 aromatic carbocycles. The van der Waals surface area contributed by atoms with Crippen molar-refractivity contribution in [3.8, 4) is 0 Å². The van der Waals surface area contributed by atoms with Crippen molar-refractivity contribution in [1.29, 1.82) is 0 Å².